The number of hydrogen-bond donors (Lipinski definition) is 3. The van der Waals surface area contributed by atoms with Crippen LogP contribution < -0.4 is 10.6 Å². The summed E-state index contributed by atoms with van der Waals surface area (Å²) in [6.07, 6.45) is 7.58. The molecule has 1 aliphatic carbocycles. The topological polar surface area (TPSA) is 73.3 Å². The largest absolute Gasteiger partial charge is 0.396 e. The summed E-state index contributed by atoms with van der Waals surface area (Å²) in [7, 11) is 0. The Hall–Kier alpha value is -3.29. The summed E-state index contributed by atoms with van der Waals surface area (Å²) < 4.78 is 15.0. The predicted octanol–water partition coefficient (Wildman–Crippen LogP) is 5.66. The van der Waals surface area contributed by atoms with E-state index in [2.05, 4.69) is 37.6 Å². The summed E-state index contributed by atoms with van der Waals surface area (Å²) in [6.45, 7) is 5.33. The molecule has 0 unspecified atom stereocenters. The number of aliphatic hydroxyl groups excluding tert-OH is 1. The van der Waals surface area contributed by atoms with E-state index in [1.54, 1.807) is 18.3 Å². The van der Waals surface area contributed by atoms with E-state index >= 15 is 0 Å². The summed E-state index contributed by atoms with van der Waals surface area (Å²) in [4.78, 5) is 11.3. The fraction of sp³-hybridized carbons (Fsp3) is 0.357. The van der Waals surface area contributed by atoms with Crippen molar-refractivity contribution in [2.75, 3.05) is 30.3 Å². The van der Waals surface area contributed by atoms with Crippen LogP contribution in [0.15, 0.2) is 54.2 Å². The fourth-order valence-corrected chi connectivity index (χ4v) is 5.01. The van der Waals surface area contributed by atoms with Crippen LogP contribution in [0.5, 0.6) is 0 Å². The van der Waals surface area contributed by atoms with Gasteiger partial charge in [0, 0.05) is 30.6 Å². The number of piperidine rings is 1. The standard InChI is InChI=1S/C28H32FN5O/c1-19-15-22-5-6-25(27(29)24(22)16-19)32-26-7-11-30-28(33-26)31-23-4-2-3-21(17-23)18-34-12-8-20(9-13-34)10-14-35/h2-7,11,16-17,20,35H,8-10,12-15,18H2,1H3,(H2,30,31,32,33). The van der Waals surface area contributed by atoms with Gasteiger partial charge in [-0.2, -0.15) is 4.98 Å². The molecule has 1 aromatic heterocycles. The number of likely N-dealkylation sites (tertiary alicyclic amines) is 1. The van der Waals surface area contributed by atoms with E-state index in [1.807, 2.05) is 31.2 Å². The number of hydrogen-bond acceptors (Lipinski definition) is 6. The highest BCUT2D eigenvalue weighted by molar-refractivity contribution is 5.71. The van der Waals surface area contributed by atoms with Crippen LogP contribution >= 0.6 is 0 Å². The second kappa shape index (κ2) is 10.5. The number of fused-ring (bicyclic) bond motifs is 1. The molecule has 0 spiro atoms. The maximum Gasteiger partial charge on any atom is 0.229 e. The lowest BCUT2D eigenvalue weighted by Gasteiger charge is -2.31. The molecule has 0 atom stereocenters. The first-order valence-corrected chi connectivity index (χ1v) is 12.3. The first-order valence-electron chi connectivity index (χ1n) is 12.3. The molecule has 1 saturated heterocycles. The van der Waals surface area contributed by atoms with Gasteiger partial charge in [0.25, 0.3) is 0 Å². The Morgan fingerprint density at radius 1 is 1.11 bits per heavy atom. The predicted molar refractivity (Wildman–Crippen MR) is 138 cm³/mol. The normalized spacial score (nSPS) is 16.1. The average Bonchev–Trinajstić information content (AvgIpc) is 3.24. The molecular weight excluding hydrogens is 441 g/mol. The van der Waals surface area contributed by atoms with Gasteiger partial charge in [-0.3, -0.25) is 4.90 Å². The van der Waals surface area contributed by atoms with Crippen molar-refractivity contribution in [1.82, 2.24) is 14.9 Å². The van der Waals surface area contributed by atoms with E-state index in [0.717, 1.165) is 62.1 Å². The van der Waals surface area contributed by atoms with E-state index in [1.165, 1.54) is 5.56 Å². The molecule has 2 heterocycles. The van der Waals surface area contributed by atoms with E-state index in [0.29, 0.717) is 28.9 Å². The van der Waals surface area contributed by atoms with Gasteiger partial charge in [-0.25, -0.2) is 9.37 Å². The minimum Gasteiger partial charge on any atom is -0.396 e. The van der Waals surface area contributed by atoms with Gasteiger partial charge in [0.2, 0.25) is 5.95 Å². The monoisotopic (exact) mass is 473 g/mol. The van der Waals surface area contributed by atoms with Gasteiger partial charge >= 0.3 is 0 Å². The second-order valence-corrected chi connectivity index (χ2v) is 9.62. The number of benzene rings is 2. The summed E-state index contributed by atoms with van der Waals surface area (Å²) in [5, 5.41) is 15.5. The molecule has 6 nitrogen and oxygen atoms in total. The van der Waals surface area contributed by atoms with Crippen LogP contribution in [-0.2, 0) is 13.0 Å². The van der Waals surface area contributed by atoms with Gasteiger partial charge < -0.3 is 15.7 Å². The van der Waals surface area contributed by atoms with Gasteiger partial charge in [0.1, 0.15) is 5.82 Å². The molecular formula is C28H32FN5O. The van der Waals surface area contributed by atoms with E-state index in [9.17, 15) is 4.39 Å². The Bertz CT molecular complexity index is 1220. The first-order chi connectivity index (χ1) is 17.1. The quantitative estimate of drug-likeness (QED) is 0.392. The van der Waals surface area contributed by atoms with Crippen LogP contribution in [0.25, 0.3) is 6.08 Å². The van der Waals surface area contributed by atoms with Gasteiger partial charge in [-0.05, 0) is 87.0 Å². The minimum atomic E-state index is -0.249. The van der Waals surface area contributed by atoms with Crippen LogP contribution in [0.2, 0.25) is 0 Å². The van der Waals surface area contributed by atoms with Gasteiger partial charge in [0.05, 0.1) is 5.69 Å². The summed E-state index contributed by atoms with van der Waals surface area (Å²) in [5.41, 5.74) is 5.40. The molecule has 0 bridgehead atoms. The number of halogens is 1. The Kier molecular flexibility index (Phi) is 7.06. The van der Waals surface area contributed by atoms with Crippen LogP contribution in [0.1, 0.15) is 42.9 Å². The Morgan fingerprint density at radius 2 is 1.97 bits per heavy atom. The van der Waals surface area contributed by atoms with Crippen LogP contribution in [0.4, 0.5) is 27.5 Å². The smallest absolute Gasteiger partial charge is 0.229 e. The number of aromatic nitrogens is 2. The maximum absolute atomic E-state index is 15.0. The molecule has 3 aromatic rings. The summed E-state index contributed by atoms with van der Waals surface area (Å²) in [5.74, 6) is 1.38. The third kappa shape index (κ3) is 5.69. The summed E-state index contributed by atoms with van der Waals surface area (Å²) in [6, 6.07) is 13.8. The molecule has 1 aliphatic heterocycles. The molecule has 3 N–H and O–H groups in total. The highest BCUT2D eigenvalue weighted by Crippen LogP contribution is 2.32. The molecule has 35 heavy (non-hydrogen) atoms. The third-order valence-corrected chi connectivity index (χ3v) is 6.88. The Morgan fingerprint density at radius 3 is 2.80 bits per heavy atom. The zero-order valence-electron chi connectivity index (χ0n) is 20.1. The van der Waals surface area contributed by atoms with Crippen molar-refractivity contribution in [1.29, 1.82) is 0 Å². The van der Waals surface area contributed by atoms with Crippen molar-refractivity contribution in [3.05, 3.63) is 76.7 Å². The Balaban J connectivity index is 1.23. The molecule has 2 aromatic carbocycles. The van der Waals surface area contributed by atoms with Gasteiger partial charge in [-0.1, -0.05) is 29.8 Å². The molecule has 1 fully saturated rings. The molecule has 0 radical (unpaired) electrons. The van der Waals surface area contributed by atoms with Crippen molar-refractivity contribution < 1.29 is 9.50 Å². The lowest BCUT2D eigenvalue weighted by Crippen LogP contribution is -2.33. The van der Waals surface area contributed by atoms with Gasteiger partial charge in [-0.15, -0.1) is 0 Å². The van der Waals surface area contributed by atoms with Crippen LogP contribution in [-0.4, -0.2) is 39.7 Å². The molecule has 7 heteroatoms. The highest BCUT2D eigenvalue weighted by Gasteiger charge is 2.19. The number of nitrogens with zero attached hydrogens (tertiary/aromatic N) is 3. The van der Waals surface area contributed by atoms with Crippen molar-refractivity contribution in [2.24, 2.45) is 5.92 Å². The number of allylic oxidation sites excluding steroid dienone is 1. The Labute approximate surface area is 205 Å². The molecule has 0 amide bonds. The fourth-order valence-electron chi connectivity index (χ4n) is 5.01. The zero-order valence-corrected chi connectivity index (χ0v) is 20.1. The molecule has 182 valence electrons. The molecule has 0 saturated carbocycles. The molecule has 2 aliphatic rings. The summed E-state index contributed by atoms with van der Waals surface area (Å²) >= 11 is 0. The van der Waals surface area contributed by atoms with E-state index in [-0.39, 0.29) is 12.4 Å². The number of anilines is 4. The van der Waals surface area contributed by atoms with Crippen molar-refractivity contribution in [3.63, 3.8) is 0 Å². The van der Waals surface area contributed by atoms with Crippen LogP contribution in [0.3, 0.4) is 0 Å². The SMILES string of the molecule is CC1=Cc2c(ccc(Nc3ccnc(Nc4cccc(CN5CCC(CCO)CC5)c4)n3)c2F)C1. The minimum absolute atomic E-state index is 0.249. The van der Waals surface area contributed by atoms with Crippen molar-refractivity contribution in [2.45, 2.75) is 39.2 Å². The number of rotatable bonds is 8. The maximum atomic E-state index is 15.0. The van der Waals surface area contributed by atoms with Crippen LogP contribution in [0, 0.1) is 11.7 Å². The van der Waals surface area contributed by atoms with Crippen molar-refractivity contribution in [3.8, 4) is 0 Å². The lowest BCUT2D eigenvalue weighted by molar-refractivity contribution is 0.153. The van der Waals surface area contributed by atoms with E-state index in [4.69, 9.17) is 5.11 Å². The number of nitrogens with one attached hydrogen (secondary N) is 2. The van der Waals surface area contributed by atoms with Crippen molar-refractivity contribution >= 4 is 29.2 Å². The zero-order chi connectivity index (χ0) is 24.2. The average molecular weight is 474 g/mol. The first kappa shape index (κ1) is 23.5. The lowest BCUT2D eigenvalue weighted by atomic mass is 9.94. The third-order valence-electron chi connectivity index (χ3n) is 6.88. The number of aliphatic hydroxyl groups is 1. The highest BCUT2D eigenvalue weighted by atomic mass is 19.1. The molecule has 5 rings (SSSR count). The second-order valence-electron chi connectivity index (χ2n) is 9.62. The van der Waals surface area contributed by atoms with E-state index < -0.39 is 0 Å². The van der Waals surface area contributed by atoms with Gasteiger partial charge in [0.15, 0.2) is 5.82 Å².